The molecule has 3 heteroatoms. The van der Waals surface area contributed by atoms with E-state index in [4.69, 9.17) is 12.3 Å². The van der Waals surface area contributed by atoms with Crippen LogP contribution in [0.2, 0.25) is 0 Å². The maximum atomic E-state index is 7.40. The van der Waals surface area contributed by atoms with Crippen LogP contribution in [0.1, 0.15) is 11.1 Å². The topological polar surface area (TPSA) is 42.7 Å². The zero-order chi connectivity index (χ0) is 35.0. The van der Waals surface area contributed by atoms with Gasteiger partial charge in [0.1, 0.15) is 5.84 Å². The van der Waals surface area contributed by atoms with Gasteiger partial charge < -0.3 is 5.73 Å². The highest BCUT2D eigenvalue weighted by Crippen LogP contribution is 2.42. The second-order valence-electron chi connectivity index (χ2n) is 13.2. The molecule has 0 bridgehead atoms. The summed E-state index contributed by atoms with van der Waals surface area (Å²) >= 11 is 0. The molecule has 0 radical (unpaired) electrons. The first-order valence-electron chi connectivity index (χ1n) is 17.5. The first-order chi connectivity index (χ1) is 25.6. The molecule has 2 N–H and O–H groups in total. The molecule has 0 unspecified atom stereocenters. The van der Waals surface area contributed by atoms with Gasteiger partial charge in [0.05, 0.1) is 13.1 Å². The third-order valence-electron chi connectivity index (χ3n) is 10.1. The zero-order valence-electron chi connectivity index (χ0n) is 28.4. The van der Waals surface area contributed by atoms with Crippen molar-refractivity contribution < 1.29 is 0 Å². The average molecular weight is 664 g/mol. The Labute approximate surface area is 302 Å². The van der Waals surface area contributed by atoms with Crippen LogP contribution in [0.15, 0.2) is 181 Å². The number of amidine groups is 1. The second kappa shape index (κ2) is 13.0. The predicted molar refractivity (Wildman–Crippen MR) is 220 cm³/mol. The van der Waals surface area contributed by atoms with Crippen LogP contribution in [0.4, 0.5) is 5.69 Å². The Bertz CT molecular complexity index is 2880. The van der Waals surface area contributed by atoms with Crippen LogP contribution in [0.25, 0.3) is 81.3 Å². The number of fused-ring (bicyclic) bond motifs is 6. The molecule has 244 valence electrons. The van der Waals surface area contributed by atoms with Crippen molar-refractivity contribution in [3.05, 3.63) is 198 Å². The molecule has 0 atom stereocenters. The molecule has 0 amide bonds. The predicted octanol–water partition coefficient (Wildman–Crippen LogP) is 12.8. The summed E-state index contributed by atoms with van der Waals surface area (Å²) in [4.78, 5) is 8.25. The van der Waals surface area contributed by atoms with Crippen molar-refractivity contribution in [3.8, 4) is 33.4 Å². The van der Waals surface area contributed by atoms with Crippen LogP contribution in [-0.4, -0.2) is 5.84 Å². The summed E-state index contributed by atoms with van der Waals surface area (Å²) in [5, 5.41) is 9.69. The van der Waals surface area contributed by atoms with Gasteiger partial charge in [-0.1, -0.05) is 146 Å². The van der Waals surface area contributed by atoms with Crippen molar-refractivity contribution in [2.24, 2.45) is 10.7 Å². The lowest BCUT2D eigenvalue weighted by Crippen LogP contribution is -2.13. The largest absolute Gasteiger partial charge is 0.383 e. The van der Waals surface area contributed by atoms with Gasteiger partial charge in [0.25, 0.3) is 0 Å². The van der Waals surface area contributed by atoms with E-state index in [9.17, 15) is 0 Å². The highest BCUT2D eigenvalue weighted by molar-refractivity contribution is 6.24. The third-order valence-corrected chi connectivity index (χ3v) is 10.1. The second-order valence-corrected chi connectivity index (χ2v) is 13.2. The van der Waals surface area contributed by atoms with Gasteiger partial charge in [0, 0.05) is 5.56 Å². The van der Waals surface area contributed by atoms with Crippen molar-refractivity contribution in [2.75, 3.05) is 0 Å². The minimum Gasteiger partial charge on any atom is -0.383 e. The Morgan fingerprint density at radius 1 is 0.462 bits per heavy atom. The number of hydrogen-bond acceptors (Lipinski definition) is 1. The molecule has 9 aromatic carbocycles. The van der Waals surface area contributed by atoms with Crippen LogP contribution in [0.3, 0.4) is 0 Å². The lowest BCUT2D eigenvalue weighted by Gasteiger charge is -2.16. The first-order valence-corrected chi connectivity index (χ1v) is 17.5. The van der Waals surface area contributed by atoms with E-state index in [0.717, 1.165) is 27.8 Å². The fraction of sp³-hybridized carbons (Fsp3) is 0.0204. The van der Waals surface area contributed by atoms with E-state index in [0.29, 0.717) is 18.1 Å². The number of aliphatic imine (C=N–C) groups is 1. The van der Waals surface area contributed by atoms with Crippen molar-refractivity contribution in [3.63, 3.8) is 0 Å². The van der Waals surface area contributed by atoms with E-state index < -0.39 is 0 Å². The van der Waals surface area contributed by atoms with E-state index in [2.05, 4.69) is 143 Å². The van der Waals surface area contributed by atoms with E-state index in [1.807, 2.05) is 42.5 Å². The van der Waals surface area contributed by atoms with Gasteiger partial charge in [-0.15, -0.1) is 0 Å². The molecule has 9 rings (SSSR count). The lowest BCUT2D eigenvalue weighted by molar-refractivity contribution is 1.06. The van der Waals surface area contributed by atoms with Gasteiger partial charge in [0.15, 0.2) is 5.69 Å². The van der Waals surface area contributed by atoms with E-state index in [1.54, 1.807) is 0 Å². The van der Waals surface area contributed by atoms with Gasteiger partial charge in [-0.2, -0.15) is 0 Å². The van der Waals surface area contributed by atoms with Crippen molar-refractivity contribution in [1.29, 1.82) is 0 Å². The third kappa shape index (κ3) is 5.63. The summed E-state index contributed by atoms with van der Waals surface area (Å²) in [5.41, 5.74) is 16.1. The molecular formula is C49H33N3. The van der Waals surface area contributed by atoms with Crippen molar-refractivity contribution >= 4 is 54.6 Å². The Balaban J connectivity index is 1.12. The van der Waals surface area contributed by atoms with Crippen LogP contribution < -0.4 is 5.73 Å². The van der Waals surface area contributed by atoms with E-state index in [-0.39, 0.29) is 0 Å². The van der Waals surface area contributed by atoms with Crippen LogP contribution in [0, 0.1) is 6.57 Å². The summed E-state index contributed by atoms with van der Waals surface area (Å²) < 4.78 is 0. The molecular weight excluding hydrogens is 631 g/mol. The molecule has 0 fully saturated rings. The zero-order valence-corrected chi connectivity index (χ0v) is 28.4. The van der Waals surface area contributed by atoms with Gasteiger partial charge in [0.2, 0.25) is 0 Å². The molecule has 0 aliphatic rings. The number of nitrogens with two attached hydrogens (primary N) is 1. The Kier molecular flexibility index (Phi) is 7.76. The molecule has 0 heterocycles. The highest BCUT2D eigenvalue weighted by Gasteiger charge is 2.15. The van der Waals surface area contributed by atoms with Gasteiger partial charge in [-0.05, 0) is 112 Å². The fourth-order valence-corrected chi connectivity index (χ4v) is 7.45. The fourth-order valence-electron chi connectivity index (χ4n) is 7.45. The van der Waals surface area contributed by atoms with Gasteiger partial charge in [-0.25, -0.2) is 4.85 Å². The van der Waals surface area contributed by atoms with Crippen LogP contribution in [0.5, 0.6) is 0 Å². The number of benzene rings is 9. The average Bonchev–Trinajstić information content (AvgIpc) is 3.22. The smallest absolute Gasteiger partial charge is 0.187 e. The monoisotopic (exact) mass is 663 g/mol. The van der Waals surface area contributed by atoms with Gasteiger partial charge in [-0.3, -0.25) is 4.99 Å². The summed E-state index contributed by atoms with van der Waals surface area (Å²) in [6, 6.07) is 62.0. The Hall–Kier alpha value is -7.02. The molecule has 0 aliphatic carbocycles. The molecule has 52 heavy (non-hydrogen) atoms. The maximum Gasteiger partial charge on any atom is 0.187 e. The maximum absolute atomic E-state index is 7.40. The van der Waals surface area contributed by atoms with Crippen molar-refractivity contribution in [1.82, 2.24) is 0 Å². The standard InChI is InChI=1S/C49H33N3/c1-51-40-24-22-33(23-25-40)45-29-47-44-17-8-6-15-42(44)46(30-48(47)43-16-7-5-14-41(43)45)38-21-20-36-26-35(18-19-37(36)27-38)34-12-9-13-39(28-34)49(50)52-31-32-10-3-2-4-11-32/h2-30H,31H2,(H2,50,52). The number of nitrogens with zero attached hydrogens (tertiary/aromatic N) is 2. The molecule has 0 aliphatic heterocycles. The van der Waals surface area contributed by atoms with Crippen molar-refractivity contribution in [2.45, 2.75) is 6.54 Å². The lowest BCUT2D eigenvalue weighted by atomic mass is 9.87. The molecule has 9 aromatic rings. The number of rotatable bonds is 6. The minimum atomic E-state index is 0.540. The van der Waals surface area contributed by atoms with Crippen LogP contribution >= 0.6 is 0 Å². The highest BCUT2D eigenvalue weighted by atomic mass is 14.8. The molecule has 0 spiro atoms. The Morgan fingerprint density at radius 2 is 1.00 bits per heavy atom. The van der Waals surface area contributed by atoms with E-state index >= 15 is 0 Å². The molecule has 3 nitrogen and oxygen atoms in total. The van der Waals surface area contributed by atoms with E-state index in [1.165, 1.54) is 59.8 Å². The molecule has 0 aromatic heterocycles. The quantitative estimate of drug-likeness (QED) is 0.0818. The SMILES string of the molecule is [C-]#[N+]c1ccc(-c2cc3c4ccccc4c(-c4ccc5cc(-c6cccc(C(N)=NCc7ccccc7)c6)ccc5c4)cc3c3ccccc23)cc1. The normalized spacial score (nSPS) is 11.7. The first kappa shape index (κ1) is 31.0. The summed E-state index contributed by atoms with van der Waals surface area (Å²) in [5.74, 6) is 0.540. The summed E-state index contributed by atoms with van der Waals surface area (Å²) in [7, 11) is 0. The minimum absolute atomic E-state index is 0.540. The Morgan fingerprint density at radius 3 is 1.65 bits per heavy atom. The number of hydrogen-bond donors (Lipinski definition) is 1. The molecule has 0 saturated heterocycles. The summed E-state index contributed by atoms with van der Waals surface area (Å²) in [6.07, 6.45) is 0. The summed E-state index contributed by atoms with van der Waals surface area (Å²) in [6.45, 7) is 7.95. The molecule has 0 saturated carbocycles. The van der Waals surface area contributed by atoms with Gasteiger partial charge >= 0.3 is 0 Å². The van der Waals surface area contributed by atoms with Crippen LogP contribution in [-0.2, 0) is 6.54 Å².